The zero-order valence-corrected chi connectivity index (χ0v) is 10.4. The highest BCUT2D eigenvalue weighted by molar-refractivity contribution is 9.10. The van der Waals surface area contributed by atoms with Gasteiger partial charge in [0.25, 0.3) is 0 Å². The van der Waals surface area contributed by atoms with E-state index in [-0.39, 0.29) is 17.7 Å². The normalized spacial score (nSPS) is 20.6. The quantitative estimate of drug-likeness (QED) is 0.577. The SMILES string of the molecule is O=C1CC(Cl)CN1c1cc(F)c(F)cc1Br. The molecule has 1 aromatic carbocycles. The van der Waals surface area contributed by atoms with Gasteiger partial charge in [-0.25, -0.2) is 8.78 Å². The van der Waals surface area contributed by atoms with E-state index in [0.717, 1.165) is 12.1 Å². The van der Waals surface area contributed by atoms with Crippen LogP contribution >= 0.6 is 27.5 Å². The molecule has 1 aliphatic rings. The molecule has 0 radical (unpaired) electrons. The fourth-order valence-corrected chi connectivity index (χ4v) is 2.42. The lowest BCUT2D eigenvalue weighted by Crippen LogP contribution is -2.25. The van der Waals surface area contributed by atoms with Crippen LogP contribution in [0.15, 0.2) is 16.6 Å². The van der Waals surface area contributed by atoms with Crippen molar-refractivity contribution in [2.45, 2.75) is 11.8 Å². The molecule has 0 bridgehead atoms. The molecule has 1 aliphatic heterocycles. The van der Waals surface area contributed by atoms with Gasteiger partial charge >= 0.3 is 0 Å². The summed E-state index contributed by atoms with van der Waals surface area (Å²) in [4.78, 5) is 12.9. The molecule has 16 heavy (non-hydrogen) atoms. The van der Waals surface area contributed by atoms with Gasteiger partial charge < -0.3 is 4.90 Å². The van der Waals surface area contributed by atoms with Crippen molar-refractivity contribution in [3.05, 3.63) is 28.2 Å². The van der Waals surface area contributed by atoms with Crippen LogP contribution in [0.3, 0.4) is 0 Å². The summed E-state index contributed by atoms with van der Waals surface area (Å²) >= 11 is 8.92. The van der Waals surface area contributed by atoms with E-state index in [2.05, 4.69) is 15.9 Å². The van der Waals surface area contributed by atoms with Crippen LogP contribution in [-0.4, -0.2) is 17.8 Å². The second-order valence-electron chi connectivity index (χ2n) is 3.52. The number of carbonyl (C=O) groups excluding carboxylic acids is 1. The summed E-state index contributed by atoms with van der Waals surface area (Å²) in [6.45, 7) is 0.310. The van der Waals surface area contributed by atoms with Gasteiger partial charge in [-0.3, -0.25) is 4.79 Å². The van der Waals surface area contributed by atoms with Gasteiger partial charge in [-0.15, -0.1) is 11.6 Å². The number of hydrogen-bond acceptors (Lipinski definition) is 1. The maximum atomic E-state index is 13.1. The number of halogens is 4. The summed E-state index contributed by atoms with van der Waals surface area (Å²) in [6, 6.07) is 1.99. The van der Waals surface area contributed by atoms with Crippen molar-refractivity contribution < 1.29 is 13.6 Å². The van der Waals surface area contributed by atoms with Crippen LogP contribution in [0.5, 0.6) is 0 Å². The fraction of sp³-hybridized carbons (Fsp3) is 0.300. The van der Waals surface area contributed by atoms with E-state index in [1.165, 1.54) is 4.90 Å². The number of alkyl halides is 1. The van der Waals surface area contributed by atoms with Crippen molar-refractivity contribution in [3.63, 3.8) is 0 Å². The van der Waals surface area contributed by atoms with E-state index in [9.17, 15) is 13.6 Å². The number of benzene rings is 1. The van der Waals surface area contributed by atoms with Crippen molar-refractivity contribution in [2.24, 2.45) is 0 Å². The Morgan fingerprint density at radius 2 is 2.00 bits per heavy atom. The monoisotopic (exact) mass is 309 g/mol. The minimum Gasteiger partial charge on any atom is -0.310 e. The molecule has 6 heteroatoms. The summed E-state index contributed by atoms with van der Waals surface area (Å²) < 4.78 is 26.3. The molecule has 0 aliphatic carbocycles. The highest BCUT2D eigenvalue weighted by Crippen LogP contribution is 2.32. The minimum absolute atomic E-state index is 0.188. The fourth-order valence-electron chi connectivity index (χ4n) is 1.62. The van der Waals surface area contributed by atoms with Gasteiger partial charge in [0.05, 0.1) is 11.1 Å². The molecule has 86 valence electrons. The second-order valence-corrected chi connectivity index (χ2v) is 5.00. The average Bonchev–Trinajstić information content (AvgIpc) is 2.51. The van der Waals surface area contributed by atoms with Gasteiger partial charge in [0.1, 0.15) is 0 Å². The van der Waals surface area contributed by atoms with Gasteiger partial charge in [-0.05, 0) is 22.0 Å². The molecular weight excluding hydrogens is 303 g/mol. The van der Waals surface area contributed by atoms with Gasteiger partial charge in [0.15, 0.2) is 11.6 Å². The van der Waals surface area contributed by atoms with Crippen LogP contribution in [0.4, 0.5) is 14.5 Å². The first-order chi connectivity index (χ1) is 7.49. The zero-order chi connectivity index (χ0) is 11.9. The van der Waals surface area contributed by atoms with Crippen LogP contribution < -0.4 is 4.90 Å². The standard InChI is InChI=1S/C10H7BrClF2NO/c11-6-2-7(13)8(14)3-9(6)15-4-5(12)1-10(15)16/h2-3,5H,1,4H2. The van der Waals surface area contributed by atoms with Crippen molar-refractivity contribution in [3.8, 4) is 0 Å². The van der Waals surface area contributed by atoms with E-state index in [1.807, 2.05) is 0 Å². The van der Waals surface area contributed by atoms with Crippen molar-refractivity contribution in [1.29, 1.82) is 0 Å². The predicted octanol–water partition coefficient (Wildman–Crippen LogP) is 3.07. The van der Waals surface area contributed by atoms with E-state index in [1.54, 1.807) is 0 Å². The molecule has 0 spiro atoms. The molecule has 0 aromatic heterocycles. The summed E-state index contributed by atoms with van der Waals surface area (Å²) in [6.07, 6.45) is 0.215. The van der Waals surface area contributed by atoms with E-state index in [0.29, 0.717) is 16.7 Å². The Morgan fingerprint density at radius 3 is 2.56 bits per heavy atom. The largest absolute Gasteiger partial charge is 0.310 e. The topological polar surface area (TPSA) is 20.3 Å². The van der Waals surface area contributed by atoms with Gasteiger partial charge in [-0.2, -0.15) is 0 Å². The predicted molar refractivity (Wildman–Crippen MR) is 60.7 cm³/mol. The number of rotatable bonds is 1. The van der Waals surface area contributed by atoms with Crippen LogP contribution in [-0.2, 0) is 4.79 Å². The number of hydrogen-bond donors (Lipinski definition) is 0. The number of amides is 1. The molecule has 1 saturated heterocycles. The number of carbonyl (C=O) groups is 1. The Kier molecular flexibility index (Phi) is 3.17. The summed E-state index contributed by atoms with van der Waals surface area (Å²) in [5.74, 6) is -2.12. The molecule has 1 heterocycles. The highest BCUT2D eigenvalue weighted by atomic mass is 79.9. The molecule has 1 atom stereocenters. The Balaban J connectivity index is 2.41. The van der Waals surface area contributed by atoms with Gasteiger partial charge in [0.2, 0.25) is 5.91 Å². The summed E-state index contributed by atoms with van der Waals surface area (Å²) in [5.41, 5.74) is 0.312. The summed E-state index contributed by atoms with van der Waals surface area (Å²) in [7, 11) is 0. The van der Waals surface area contributed by atoms with Crippen LogP contribution in [0.2, 0.25) is 0 Å². The van der Waals surface area contributed by atoms with Crippen LogP contribution in [0.1, 0.15) is 6.42 Å². The van der Waals surface area contributed by atoms with Crippen molar-refractivity contribution in [1.82, 2.24) is 0 Å². The average molecular weight is 311 g/mol. The van der Waals surface area contributed by atoms with E-state index in [4.69, 9.17) is 11.6 Å². The molecule has 0 N–H and O–H groups in total. The number of nitrogens with zero attached hydrogens (tertiary/aromatic N) is 1. The first-order valence-electron chi connectivity index (χ1n) is 4.58. The summed E-state index contributed by atoms with van der Waals surface area (Å²) in [5, 5.41) is -0.285. The molecule has 1 unspecified atom stereocenters. The lowest BCUT2D eigenvalue weighted by molar-refractivity contribution is -0.117. The minimum atomic E-state index is -0.982. The molecule has 0 saturated carbocycles. The molecular formula is C10H7BrClF2NO. The number of anilines is 1. The molecule has 2 rings (SSSR count). The smallest absolute Gasteiger partial charge is 0.228 e. The third kappa shape index (κ3) is 2.06. The Bertz CT molecular complexity index is 455. The molecule has 1 aromatic rings. The van der Waals surface area contributed by atoms with Crippen molar-refractivity contribution in [2.75, 3.05) is 11.4 Å². The molecule has 2 nitrogen and oxygen atoms in total. The van der Waals surface area contributed by atoms with Gasteiger partial charge in [-0.1, -0.05) is 0 Å². The Morgan fingerprint density at radius 1 is 1.38 bits per heavy atom. The van der Waals surface area contributed by atoms with E-state index < -0.39 is 11.6 Å². The maximum absolute atomic E-state index is 13.1. The Labute approximate surface area is 104 Å². The highest BCUT2D eigenvalue weighted by Gasteiger charge is 2.30. The second kappa shape index (κ2) is 4.30. The Hall–Kier alpha value is -0.680. The zero-order valence-electron chi connectivity index (χ0n) is 8.01. The van der Waals surface area contributed by atoms with Crippen molar-refractivity contribution >= 4 is 39.1 Å². The van der Waals surface area contributed by atoms with Crippen LogP contribution in [0.25, 0.3) is 0 Å². The maximum Gasteiger partial charge on any atom is 0.228 e. The first kappa shape index (κ1) is 11.8. The van der Waals surface area contributed by atoms with Crippen LogP contribution in [0, 0.1) is 11.6 Å². The lowest BCUT2D eigenvalue weighted by Gasteiger charge is -2.17. The lowest BCUT2D eigenvalue weighted by atomic mass is 10.3. The third-order valence-electron chi connectivity index (χ3n) is 2.36. The molecule has 1 amide bonds. The first-order valence-corrected chi connectivity index (χ1v) is 5.81. The van der Waals surface area contributed by atoms with E-state index >= 15 is 0 Å². The van der Waals surface area contributed by atoms with Gasteiger partial charge in [0, 0.05) is 23.5 Å². The molecule has 1 fully saturated rings. The third-order valence-corrected chi connectivity index (χ3v) is 3.29.